The van der Waals surface area contributed by atoms with E-state index in [1.54, 1.807) is 60.2 Å². The molecular formula is C22H22N4O4S. The van der Waals surface area contributed by atoms with Gasteiger partial charge < -0.3 is 19.2 Å². The summed E-state index contributed by atoms with van der Waals surface area (Å²) in [6, 6.07) is 12.3. The Hall–Kier alpha value is -3.46. The Kier molecular flexibility index (Phi) is 5.85. The van der Waals surface area contributed by atoms with Crippen LogP contribution in [0.3, 0.4) is 0 Å². The van der Waals surface area contributed by atoms with Crippen LogP contribution in [0, 0.1) is 6.92 Å². The highest BCUT2D eigenvalue weighted by Crippen LogP contribution is 2.24. The van der Waals surface area contributed by atoms with E-state index in [2.05, 4.69) is 5.16 Å². The summed E-state index contributed by atoms with van der Waals surface area (Å²) in [5, 5.41) is 5.60. The average Bonchev–Trinajstić information content (AvgIpc) is 3.49. The molecule has 0 N–H and O–H groups in total. The lowest BCUT2D eigenvalue weighted by molar-refractivity contribution is 0.0513. The molecule has 0 bridgehead atoms. The highest BCUT2D eigenvalue weighted by Gasteiger charge is 2.29. The highest BCUT2D eigenvalue weighted by atomic mass is 32.1. The van der Waals surface area contributed by atoms with Gasteiger partial charge in [0.1, 0.15) is 0 Å². The van der Waals surface area contributed by atoms with Crippen LogP contribution in [0.4, 0.5) is 5.69 Å². The van der Waals surface area contributed by atoms with Crippen molar-refractivity contribution in [3.05, 3.63) is 69.7 Å². The summed E-state index contributed by atoms with van der Waals surface area (Å²) < 4.78 is 5.06. The SMILES string of the molecule is Cc1cc(C(=O)N2CCN(C(=O)c3ccccc3N(C)C(=O)c3cccs3)CC2)on1. The molecule has 31 heavy (non-hydrogen) atoms. The maximum atomic E-state index is 13.2. The monoisotopic (exact) mass is 438 g/mol. The van der Waals surface area contributed by atoms with E-state index in [4.69, 9.17) is 4.52 Å². The summed E-state index contributed by atoms with van der Waals surface area (Å²) in [7, 11) is 1.67. The topological polar surface area (TPSA) is 87.0 Å². The Morgan fingerprint density at radius 2 is 1.68 bits per heavy atom. The fourth-order valence-corrected chi connectivity index (χ4v) is 4.22. The number of amides is 3. The zero-order valence-electron chi connectivity index (χ0n) is 17.3. The molecule has 0 unspecified atom stereocenters. The van der Waals surface area contributed by atoms with Crippen molar-refractivity contribution in [3.8, 4) is 0 Å². The third-order valence-electron chi connectivity index (χ3n) is 5.23. The van der Waals surface area contributed by atoms with Gasteiger partial charge in [-0.25, -0.2) is 0 Å². The van der Waals surface area contributed by atoms with E-state index in [1.165, 1.54) is 16.2 Å². The lowest BCUT2D eigenvalue weighted by Crippen LogP contribution is -2.50. The Balaban J connectivity index is 1.46. The van der Waals surface area contributed by atoms with Crippen molar-refractivity contribution in [1.82, 2.24) is 15.0 Å². The summed E-state index contributed by atoms with van der Waals surface area (Å²) in [5.41, 5.74) is 1.66. The van der Waals surface area contributed by atoms with Gasteiger partial charge in [0.15, 0.2) is 0 Å². The Morgan fingerprint density at radius 1 is 1.00 bits per heavy atom. The molecule has 1 aliphatic rings. The molecule has 9 heteroatoms. The van der Waals surface area contributed by atoms with E-state index >= 15 is 0 Å². The lowest BCUT2D eigenvalue weighted by atomic mass is 10.1. The molecular weight excluding hydrogens is 416 g/mol. The molecule has 4 rings (SSSR count). The minimum absolute atomic E-state index is 0.159. The van der Waals surface area contributed by atoms with Crippen molar-refractivity contribution < 1.29 is 18.9 Å². The van der Waals surface area contributed by atoms with Gasteiger partial charge in [-0.1, -0.05) is 23.4 Å². The van der Waals surface area contributed by atoms with Crippen LogP contribution in [0.15, 0.2) is 52.4 Å². The first-order chi connectivity index (χ1) is 15.0. The molecule has 3 heterocycles. The van der Waals surface area contributed by atoms with Gasteiger partial charge >= 0.3 is 0 Å². The first-order valence-corrected chi connectivity index (χ1v) is 10.8. The quantitative estimate of drug-likeness (QED) is 0.625. The molecule has 0 saturated carbocycles. The number of carbonyl (C=O) groups excluding carboxylic acids is 3. The molecule has 1 fully saturated rings. The second-order valence-electron chi connectivity index (χ2n) is 7.28. The van der Waals surface area contributed by atoms with Gasteiger partial charge in [-0.2, -0.15) is 0 Å². The third-order valence-corrected chi connectivity index (χ3v) is 6.08. The number of anilines is 1. The molecule has 3 aromatic rings. The molecule has 1 aliphatic heterocycles. The van der Waals surface area contributed by atoms with Crippen LogP contribution in [0.5, 0.6) is 0 Å². The number of nitrogens with zero attached hydrogens (tertiary/aromatic N) is 4. The predicted octanol–water partition coefficient (Wildman–Crippen LogP) is 2.92. The van der Waals surface area contributed by atoms with Crippen LogP contribution < -0.4 is 4.90 Å². The second kappa shape index (κ2) is 8.73. The highest BCUT2D eigenvalue weighted by molar-refractivity contribution is 7.12. The number of aromatic nitrogens is 1. The summed E-state index contributed by atoms with van der Waals surface area (Å²) in [4.78, 5) is 44.0. The van der Waals surface area contributed by atoms with Crippen molar-refractivity contribution in [3.63, 3.8) is 0 Å². The van der Waals surface area contributed by atoms with Crippen LogP contribution in [0.25, 0.3) is 0 Å². The number of para-hydroxylation sites is 1. The molecule has 0 spiro atoms. The van der Waals surface area contributed by atoms with Crippen LogP contribution in [0.1, 0.15) is 36.3 Å². The number of hydrogen-bond acceptors (Lipinski definition) is 6. The number of thiophene rings is 1. The zero-order chi connectivity index (χ0) is 22.0. The Morgan fingerprint density at radius 3 is 2.29 bits per heavy atom. The van der Waals surface area contributed by atoms with Crippen LogP contribution in [0.2, 0.25) is 0 Å². The largest absolute Gasteiger partial charge is 0.351 e. The zero-order valence-corrected chi connectivity index (χ0v) is 18.1. The first kappa shape index (κ1) is 20.8. The molecule has 0 atom stereocenters. The number of benzene rings is 1. The summed E-state index contributed by atoms with van der Waals surface area (Å²) in [6.45, 7) is 3.35. The number of carbonyl (C=O) groups is 3. The van der Waals surface area contributed by atoms with E-state index in [9.17, 15) is 14.4 Å². The number of hydrogen-bond donors (Lipinski definition) is 0. The van der Waals surface area contributed by atoms with E-state index < -0.39 is 0 Å². The van der Waals surface area contributed by atoms with Gasteiger partial charge in [0.25, 0.3) is 17.7 Å². The Bertz CT molecular complexity index is 1100. The van der Waals surface area contributed by atoms with Crippen molar-refractivity contribution >= 4 is 34.7 Å². The normalized spacial score (nSPS) is 13.9. The fraction of sp³-hybridized carbons (Fsp3) is 0.273. The van der Waals surface area contributed by atoms with Crippen molar-refractivity contribution in [1.29, 1.82) is 0 Å². The number of aryl methyl sites for hydroxylation is 1. The van der Waals surface area contributed by atoms with E-state index in [-0.39, 0.29) is 23.5 Å². The third kappa shape index (κ3) is 4.22. The molecule has 8 nitrogen and oxygen atoms in total. The molecule has 0 aliphatic carbocycles. The molecule has 3 amide bonds. The maximum Gasteiger partial charge on any atom is 0.292 e. The van der Waals surface area contributed by atoms with Gasteiger partial charge in [0.05, 0.1) is 21.8 Å². The first-order valence-electron chi connectivity index (χ1n) is 9.88. The van der Waals surface area contributed by atoms with Crippen molar-refractivity contribution in [2.75, 3.05) is 38.1 Å². The van der Waals surface area contributed by atoms with Crippen LogP contribution in [-0.2, 0) is 0 Å². The summed E-state index contributed by atoms with van der Waals surface area (Å²) in [5.74, 6) is -0.345. The van der Waals surface area contributed by atoms with Gasteiger partial charge in [-0.05, 0) is 30.5 Å². The summed E-state index contributed by atoms with van der Waals surface area (Å²) >= 11 is 1.36. The van der Waals surface area contributed by atoms with Crippen LogP contribution in [-0.4, -0.2) is 65.9 Å². The minimum Gasteiger partial charge on any atom is -0.351 e. The van der Waals surface area contributed by atoms with E-state index in [0.717, 1.165) is 0 Å². The lowest BCUT2D eigenvalue weighted by Gasteiger charge is -2.35. The predicted molar refractivity (Wildman–Crippen MR) is 117 cm³/mol. The number of piperazine rings is 1. The molecule has 1 saturated heterocycles. The second-order valence-corrected chi connectivity index (χ2v) is 8.22. The molecule has 160 valence electrons. The van der Waals surface area contributed by atoms with Crippen molar-refractivity contribution in [2.45, 2.75) is 6.92 Å². The van der Waals surface area contributed by atoms with E-state index in [0.29, 0.717) is 48.0 Å². The molecule has 2 aromatic heterocycles. The van der Waals surface area contributed by atoms with Gasteiger partial charge in [-0.15, -0.1) is 11.3 Å². The van der Waals surface area contributed by atoms with Gasteiger partial charge in [-0.3, -0.25) is 14.4 Å². The van der Waals surface area contributed by atoms with E-state index in [1.807, 2.05) is 11.4 Å². The standard InChI is InChI=1S/C22H22N4O4S/c1-15-14-18(30-23-15)21(28)26-11-9-25(10-12-26)20(27)16-6-3-4-7-17(16)24(2)22(29)19-8-5-13-31-19/h3-8,13-14H,9-12H2,1-2H3. The van der Waals surface area contributed by atoms with Crippen LogP contribution >= 0.6 is 11.3 Å². The molecule has 0 radical (unpaired) electrons. The van der Waals surface area contributed by atoms with Gasteiger partial charge in [0, 0.05) is 39.3 Å². The van der Waals surface area contributed by atoms with Gasteiger partial charge in [0.2, 0.25) is 5.76 Å². The maximum absolute atomic E-state index is 13.2. The molecule has 1 aromatic carbocycles. The minimum atomic E-state index is -0.227. The number of rotatable bonds is 4. The average molecular weight is 439 g/mol. The fourth-order valence-electron chi connectivity index (χ4n) is 3.53. The summed E-state index contributed by atoms with van der Waals surface area (Å²) in [6.07, 6.45) is 0. The Labute approximate surface area is 183 Å². The van der Waals surface area contributed by atoms with Crippen molar-refractivity contribution in [2.24, 2.45) is 0 Å². The smallest absolute Gasteiger partial charge is 0.292 e.